The number of carbonyl (C=O) groups is 1. The van der Waals surface area contributed by atoms with Gasteiger partial charge in [0.2, 0.25) is 0 Å². The first kappa shape index (κ1) is 11.0. The fourth-order valence-corrected chi connectivity index (χ4v) is 2.22. The molecule has 0 saturated heterocycles. The van der Waals surface area contributed by atoms with Crippen LogP contribution in [-0.4, -0.2) is 5.78 Å². The summed E-state index contributed by atoms with van der Waals surface area (Å²) in [5, 5.41) is 1.88. The van der Waals surface area contributed by atoms with E-state index in [2.05, 4.69) is 0 Å². The summed E-state index contributed by atoms with van der Waals surface area (Å²) in [4.78, 5) is 12.6. The van der Waals surface area contributed by atoms with Gasteiger partial charge in [-0.25, -0.2) is 4.39 Å². The summed E-state index contributed by atoms with van der Waals surface area (Å²) < 4.78 is 12.9. The van der Waals surface area contributed by atoms with Crippen molar-refractivity contribution in [3.8, 4) is 0 Å². The topological polar surface area (TPSA) is 17.1 Å². The maximum absolute atomic E-state index is 12.9. The molecule has 3 heteroatoms. The molecule has 1 nitrogen and oxygen atoms in total. The SMILES string of the molecule is Cc1cc(F)ccc1CC(=O)c1cccs1. The maximum Gasteiger partial charge on any atom is 0.177 e. The highest BCUT2D eigenvalue weighted by Crippen LogP contribution is 2.16. The Morgan fingerprint density at radius 2 is 2.19 bits per heavy atom. The highest BCUT2D eigenvalue weighted by Gasteiger charge is 2.09. The van der Waals surface area contributed by atoms with Crippen molar-refractivity contribution in [3.63, 3.8) is 0 Å². The average molecular weight is 234 g/mol. The lowest BCUT2D eigenvalue weighted by Crippen LogP contribution is -2.03. The molecule has 0 amide bonds. The van der Waals surface area contributed by atoms with Gasteiger partial charge in [-0.05, 0) is 41.6 Å². The van der Waals surface area contributed by atoms with Crippen LogP contribution in [0.1, 0.15) is 20.8 Å². The maximum atomic E-state index is 12.9. The fourth-order valence-electron chi connectivity index (χ4n) is 1.55. The summed E-state index contributed by atoms with van der Waals surface area (Å²) in [5.74, 6) is -0.172. The minimum absolute atomic E-state index is 0.0877. The standard InChI is InChI=1S/C13H11FOS/c1-9-7-11(14)5-4-10(9)8-12(15)13-3-2-6-16-13/h2-7H,8H2,1H3. The Balaban J connectivity index is 2.18. The molecule has 0 spiro atoms. The molecule has 0 aliphatic carbocycles. The van der Waals surface area contributed by atoms with Gasteiger partial charge in [0.25, 0.3) is 0 Å². The van der Waals surface area contributed by atoms with Crippen LogP contribution < -0.4 is 0 Å². The van der Waals surface area contributed by atoms with Gasteiger partial charge in [0.1, 0.15) is 5.82 Å². The fraction of sp³-hybridized carbons (Fsp3) is 0.154. The van der Waals surface area contributed by atoms with Gasteiger partial charge < -0.3 is 0 Å². The number of ketones is 1. The van der Waals surface area contributed by atoms with E-state index < -0.39 is 0 Å². The lowest BCUT2D eigenvalue weighted by Gasteiger charge is -2.03. The first-order valence-electron chi connectivity index (χ1n) is 4.98. The molecule has 0 atom stereocenters. The van der Waals surface area contributed by atoms with Crippen LogP contribution in [0.15, 0.2) is 35.7 Å². The van der Waals surface area contributed by atoms with E-state index >= 15 is 0 Å². The molecule has 0 bridgehead atoms. The van der Waals surface area contributed by atoms with Gasteiger partial charge in [-0.2, -0.15) is 0 Å². The van der Waals surface area contributed by atoms with E-state index in [1.807, 2.05) is 24.4 Å². The first-order valence-corrected chi connectivity index (χ1v) is 5.86. The van der Waals surface area contributed by atoms with Gasteiger partial charge >= 0.3 is 0 Å². The molecule has 0 fully saturated rings. The second-order valence-corrected chi connectivity index (χ2v) is 4.60. The van der Waals surface area contributed by atoms with E-state index in [1.54, 1.807) is 6.07 Å². The zero-order chi connectivity index (χ0) is 11.5. The minimum Gasteiger partial charge on any atom is -0.293 e. The van der Waals surface area contributed by atoms with Gasteiger partial charge in [-0.15, -0.1) is 11.3 Å². The third-order valence-corrected chi connectivity index (χ3v) is 3.36. The Labute approximate surface area is 97.6 Å². The zero-order valence-corrected chi connectivity index (χ0v) is 9.68. The molecule has 0 saturated carbocycles. The first-order chi connectivity index (χ1) is 7.66. The van der Waals surface area contributed by atoms with Gasteiger partial charge in [0, 0.05) is 6.42 Å². The highest BCUT2D eigenvalue weighted by atomic mass is 32.1. The van der Waals surface area contributed by atoms with E-state index in [0.29, 0.717) is 6.42 Å². The van der Waals surface area contributed by atoms with Crippen LogP contribution in [0, 0.1) is 12.7 Å². The number of thiophene rings is 1. The van der Waals surface area contributed by atoms with E-state index in [4.69, 9.17) is 0 Å². The van der Waals surface area contributed by atoms with Crippen molar-refractivity contribution in [3.05, 3.63) is 57.5 Å². The van der Waals surface area contributed by atoms with Crippen LogP contribution in [-0.2, 0) is 6.42 Å². The number of rotatable bonds is 3. The van der Waals surface area contributed by atoms with Gasteiger partial charge in [0.05, 0.1) is 4.88 Å². The minimum atomic E-state index is -0.259. The second kappa shape index (κ2) is 4.58. The van der Waals surface area contributed by atoms with Crippen molar-refractivity contribution in [2.75, 3.05) is 0 Å². The van der Waals surface area contributed by atoms with Crippen LogP contribution in [0.4, 0.5) is 4.39 Å². The van der Waals surface area contributed by atoms with Crippen LogP contribution in [0.25, 0.3) is 0 Å². The van der Waals surface area contributed by atoms with E-state index in [0.717, 1.165) is 16.0 Å². The van der Waals surface area contributed by atoms with Crippen LogP contribution in [0.2, 0.25) is 0 Å². The van der Waals surface area contributed by atoms with Crippen LogP contribution in [0.5, 0.6) is 0 Å². The smallest absolute Gasteiger partial charge is 0.177 e. The summed E-state index contributed by atoms with van der Waals surface area (Å²) in [6.45, 7) is 1.82. The highest BCUT2D eigenvalue weighted by molar-refractivity contribution is 7.12. The Hall–Kier alpha value is -1.48. The summed E-state index contributed by atoms with van der Waals surface area (Å²) in [6.07, 6.45) is 0.340. The molecule has 0 aliphatic heterocycles. The Bertz CT molecular complexity index is 503. The molecule has 16 heavy (non-hydrogen) atoms. The van der Waals surface area contributed by atoms with E-state index in [9.17, 15) is 9.18 Å². The molecule has 1 aromatic carbocycles. The van der Waals surface area contributed by atoms with Crippen LogP contribution in [0.3, 0.4) is 0 Å². The van der Waals surface area contributed by atoms with Gasteiger partial charge in [-0.1, -0.05) is 12.1 Å². The van der Waals surface area contributed by atoms with Crippen LogP contribution >= 0.6 is 11.3 Å². The number of aryl methyl sites for hydroxylation is 1. The number of hydrogen-bond donors (Lipinski definition) is 0. The third-order valence-electron chi connectivity index (χ3n) is 2.45. The zero-order valence-electron chi connectivity index (χ0n) is 8.87. The van der Waals surface area contributed by atoms with Gasteiger partial charge in [-0.3, -0.25) is 4.79 Å². The molecular weight excluding hydrogens is 223 g/mol. The van der Waals surface area contributed by atoms with Gasteiger partial charge in [0.15, 0.2) is 5.78 Å². The lowest BCUT2D eigenvalue weighted by molar-refractivity contribution is 0.0996. The molecule has 2 rings (SSSR count). The Kier molecular flexibility index (Phi) is 3.15. The normalized spacial score (nSPS) is 10.4. The molecule has 1 heterocycles. The molecule has 0 radical (unpaired) electrons. The molecule has 0 unspecified atom stereocenters. The van der Waals surface area contributed by atoms with Crippen molar-refractivity contribution in [1.82, 2.24) is 0 Å². The van der Waals surface area contributed by atoms with Crippen molar-refractivity contribution < 1.29 is 9.18 Å². The number of benzene rings is 1. The summed E-state index contributed by atoms with van der Waals surface area (Å²) >= 11 is 1.44. The number of carbonyl (C=O) groups excluding carboxylic acids is 1. The molecular formula is C13H11FOS. The number of hydrogen-bond acceptors (Lipinski definition) is 2. The average Bonchev–Trinajstić information content (AvgIpc) is 2.75. The van der Waals surface area contributed by atoms with Crippen molar-refractivity contribution in [1.29, 1.82) is 0 Å². The summed E-state index contributed by atoms with van der Waals surface area (Å²) in [7, 11) is 0. The van der Waals surface area contributed by atoms with E-state index in [1.165, 1.54) is 23.5 Å². The van der Waals surface area contributed by atoms with E-state index in [-0.39, 0.29) is 11.6 Å². The number of Topliss-reactive ketones (excluding diaryl/α,β-unsaturated/α-hetero) is 1. The predicted molar refractivity (Wildman–Crippen MR) is 63.5 cm³/mol. The molecule has 2 aromatic rings. The van der Waals surface area contributed by atoms with Crippen molar-refractivity contribution in [2.24, 2.45) is 0 Å². The Morgan fingerprint density at radius 3 is 2.81 bits per heavy atom. The third kappa shape index (κ3) is 2.36. The quantitative estimate of drug-likeness (QED) is 0.741. The Morgan fingerprint density at radius 1 is 1.38 bits per heavy atom. The van der Waals surface area contributed by atoms with Crippen molar-refractivity contribution >= 4 is 17.1 Å². The molecule has 82 valence electrons. The monoisotopic (exact) mass is 234 g/mol. The molecule has 0 N–H and O–H groups in total. The van der Waals surface area contributed by atoms with Crippen molar-refractivity contribution in [2.45, 2.75) is 13.3 Å². The summed E-state index contributed by atoms with van der Waals surface area (Å²) in [5.41, 5.74) is 1.71. The largest absolute Gasteiger partial charge is 0.293 e. The summed E-state index contributed by atoms with van der Waals surface area (Å²) in [6, 6.07) is 8.19. The lowest BCUT2D eigenvalue weighted by atomic mass is 10.0. The number of halogens is 1. The predicted octanol–water partition coefficient (Wildman–Crippen LogP) is 3.62. The molecule has 1 aromatic heterocycles. The second-order valence-electron chi connectivity index (χ2n) is 3.65. The molecule has 0 aliphatic rings.